The predicted octanol–water partition coefficient (Wildman–Crippen LogP) is 1.81. The summed E-state index contributed by atoms with van der Waals surface area (Å²) in [6, 6.07) is 0.850. The van der Waals surface area contributed by atoms with Crippen molar-refractivity contribution in [3.63, 3.8) is 0 Å². The monoisotopic (exact) mass is 216 g/mol. The van der Waals surface area contributed by atoms with Crippen LogP contribution in [0.4, 0.5) is 0 Å². The van der Waals surface area contributed by atoms with Gasteiger partial charge in [0.15, 0.2) is 0 Å². The Morgan fingerprint density at radius 2 is 2.07 bits per heavy atom. The van der Waals surface area contributed by atoms with Crippen LogP contribution in [0.2, 0.25) is 0 Å². The molecule has 1 N–H and O–H groups in total. The summed E-state index contributed by atoms with van der Waals surface area (Å²) in [4.78, 5) is 2.66. The quantitative estimate of drug-likeness (QED) is 0.682. The molecule has 0 atom stereocenters. The van der Waals surface area contributed by atoms with Crippen LogP contribution in [0.3, 0.4) is 0 Å². The first-order valence-electron chi connectivity index (χ1n) is 5.82. The van der Waals surface area contributed by atoms with Crippen LogP contribution in [-0.4, -0.2) is 49.1 Å². The maximum absolute atomic E-state index is 3.43. The molecule has 0 aromatic carbocycles. The first kappa shape index (κ1) is 12.3. The third kappa shape index (κ3) is 4.20. The lowest BCUT2D eigenvalue weighted by molar-refractivity contribution is 0.171. The highest BCUT2D eigenvalue weighted by Gasteiger charge is 2.18. The zero-order valence-corrected chi connectivity index (χ0v) is 10.4. The fourth-order valence-electron chi connectivity index (χ4n) is 2.18. The molecular weight excluding hydrogens is 192 g/mol. The molecule has 14 heavy (non-hydrogen) atoms. The minimum absolute atomic E-state index is 0.850. The first-order chi connectivity index (χ1) is 6.88. The average Bonchev–Trinajstić information content (AvgIpc) is 2.26. The number of hydrogen-bond donors (Lipinski definition) is 1. The van der Waals surface area contributed by atoms with Gasteiger partial charge in [0.1, 0.15) is 0 Å². The van der Waals surface area contributed by atoms with Gasteiger partial charge in [-0.05, 0) is 57.5 Å². The van der Waals surface area contributed by atoms with E-state index in [0.29, 0.717) is 0 Å². The number of nitrogens with one attached hydrogen (secondary N) is 1. The molecule has 0 saturated carbocycles. The SMILES string of the molecule is CCN(CCCSC)C1CCNCC1. The van der Waals surface area contributed by atoms with Gasteiger partial charge in [0.2, 0.25) is 0 Å². The molecule has 0 bridgehead atoms. The highest BCUT2D eigenvalue weighted by atomic mass is 32.2. The van der Waals surface area contributed by atoms with Crippen LogP contribution >= 0.6 is 11.8 Å². The van der Waals surface area contributed by atoms with E-state index in [-0.39, 0.29) is 0 Å². The van der Waals surface area contributed by atoms with Crippen molar-refractivity contribution in [3.8, 4) is 0 Å². The van der Waals surface area contributed by atoms with E-state index in [9.17, 15) is 0 Å². The van der Waals surface area contributed by atoms with E-state index in [0.717, 1.165) is 6.04 Å². The van der Waals surface area contributed by atoms with Crippen molar-refractivity contribution in [3.05, 3.63) is 0 Å². The molecule has 0 spiro atoms. The summed E-state index contributed by atoms with van der Waals surface area (Å²) in [5.74, 6) is 1.31. The summed E-state index contributed by atoms with van der Waals surface area (Å²) in [6.07, 6.45) is 6.22. The Bertz CT molecular complexity index is 135. The van der Waals surface area contributed by atoms with Gasteiger partial charge in [0, 0.05) is 6.04 Å². The highest BCUT2D eigenvalue weighted by Crippen LogP contribution is 2.12. The van der Waals surface area contributed by atoms with Gasteiger partial charge >= 0.3 is 0 Å². The molecule has 0 aliphatic carbocycles. The van der Waals surface area contributed by atoms with E-state index in [2.05, 4.69) is 23.4 Å². The van der Waals surface area contributed by atoms with Crippen molar-refractivity contribution in [2.45, 2.75) is 32.2 Å². The molecule has 1 saturated heterocycles. The van der Waals surface area contributed by atoms with E-state index in [1.807, 2.05) is 11.8 Å². The lowest BCUT2D eigenvalue weighted by Gasteiger charge is -2.33. The Morgan fingerprint density at radius 1 is 1.36 bits per heavy atom. The molecule has 84 valence electrons. The Balaban J connectivity index is 2.21. The van der Waals surface area contributed by atoms with E-state index in [1.54, 1.807) is 0 Å². The zero-order chi connectivity index (χ0) is 10.2. The van der Waals surface area contributed by atoms with Crippen LogP contribution in [0.5, 0.6) is 0 Å². The fourth-order valence-corrected chi connectivity index (χ4v) is 2.60. The Morgan fingerprint density at radius 3 is 2.64 bits per heavy atom. The van der Waals surface area contributed by atoms with Crippen molar-refractivity contribution < 1.29 is 0 Å². The molecule has 0 unspecified atom stereocenters. The normalized spacial score (nSPS) is 19.1. The topological polar surface area (TPSA) is 15.3 Å². The lowest BCUT2D eigenvalue weighted by atomic mass is 10.0. The summed E-state index contributed by atoms with van der Waals surface area (Å²) in [6.45, 7) is 7.23. The van der Waals surface area contributed by atoms with Gasteiger partial charge in [-0.1, -0.05) is 6.92 Å². The second-order valence-electron chi connectivity index (χ2n) is 3.96. The van der Waals surface area contributed by atoms with Crippen molar-refractivity contribution in [2.24, 2.45) is 0 Å². The predicted molar refractivity (Wildman–Crippen MR) is 66.1 cm³/mol. The van der Waals surface area contributed by atoms with E-state index < -0.39 is 0 Å². The smallest absolute Gasteiger partial charge is 0.0119 e. The minimum atomic E-state index is 0.850. The number of piperidine rings is 1. The molecule has 1 fully saturated rings. The van der Waals surface area contributed by atoms with Crippen LogP contribution in [0.25, 0.3) is 0 Å². The summed E-state index contributed by atoms with van der Waals surface area (Å²) in [5.41, 5.74) is 0. The lowest BCUT2D eigenvalue weighted by Crippen LogP contribution is -2.43. The van der Waals surface area contributed by atoms with Gasteiger partial charge < -0.3 is 10.2 Å². The molecule has 0 radical (unpaired) electrons. The molecular formula is C11H24N2S. The van der Waals surface area contributed by atoms with E-state index in [4.69, 9.17) is 0 Å². The fraction of sp³-hybridized carbons (Fsp3) is 1.00. The Hall–Kier alpha value is 0.270. The summed E-state index contributed by atoms with van der Waals surface area (Å²) in [7, 11) is 0. The summed E-state index contributed by atoms with van der Waals surface area (Å²) >= 11 is 1.96. The molecule has 1 aliphatic heterocycles. The first-order valence-corrected chi connectivity index (χ1v) is 7.21. The summed E-state index contributed by atoms with van der Waals surface area (Å²) in [5, 5.41) is 3.43. The number of hydrogen-bond acceptors (Lipinski definition) is 3. The molecule has 1 aliphatic rings. The van der Waals surface area contributed by atoms with Crippen LogP contribution in [-0.2, 0) is 0 Å². The second-order valence-corrected chi connectivity index (χ2v) is 4.94. The van der Waals surface area contributed by atoms with Gasteiger partial charge in [-0.15, -0.1) is 0 Å². The van der Waals surface area contributed by atoms with Crippen LogP contribution < -0.4 is 5.32 Å². The molecule has 0 aromatic heterocycles. The number of nitrogens with zero attached hydrogens (tertiary/aromatic N) is 1. The van der Waals surface area contributed by atoms with Crippen LogP contribution in [0, 0.1) is 0 Å². The van der Waals surface area contributed by atoms with E-state index in [1.165, 1.54) is 51.2 Å². The molecule has 0 aromatic rings. The minimum Gasteiger partial charge on any atom is -0.317 e. The van der Waals surface area contributed by atoms with Crippen molar-refractivity contribution in [1.82, 2.24) is 10.2 Å². The zero-order valence-electron chi connectivity index (χ0n) is 9.59. The van der Waals surface area contributed by atoms with Crippen molar-refractivity contribution in [2.75, 3.05) is 38.2 Å². The van der Waals surface area contributed by atoms with Gasteiger partial charge in [0.25, 0.3) is 0 Å². The number of rotatable bonds is 6. The van der Waals surface area contributed by atoms with Gasteiger partial charge in [-0.2, -0.15) is 11.8 Å². The highest BCUT2D eigenvalue weighted by molar-refractivity contribution is 7.98. The Kier molecular flexibility index (Phi) is 6.65. The van der Waals surface area contributed by atoms with Crippen molar-refractivity contribution >= 4 is 11.8 Å². The van der Waals surface area contributed by atoms with Gasteiger partial charge in [-0.25, -0.2) is 0 Å². The summed E-state index contributed by atoms with van der Waals surface area (Å²) < 4.78 is 0. The molecule has 1 heterocycles. The van der Waals surface area contributed by atoms with Crippen LogP contribution in [0.1, 0.15) is 26.2 Å². The average molecular weight is 216 g/mol. The largest absolute Gasteiger partial charge is 0.317 e. The third-order valence-electron chi connectivity index (χ3n) is 3.03. The molecule has 1 rings (SSSR count). The van der Waals surface area contributed by atoms with Gasteiger partial charge in [-0.3, -0.25) is 0 Å². The maximum Gasteiger partial charge on any atom is 0.0119 e. The van der Waals surface area contributed by atoms with Gasteiger partial charge in [0.05, 0.1) is 0 Å². The van der Waals surface area contributed by atoms with E-state index >= 15 is 0 Å². The van der Waals surface area contributed by atoms with Crippen LogP contribution in [0.15, 0.2) is 0 Å². The maximum atomic E-state index is 3.43. The third-order valence-corrected chi connectivity index (χ3v) is 3.72. The standard InChI is InChI=1S/C11H24N2S/c1-3-13(9-4-10-14-2)11-5-7-12-8-6-11/h11-12H,3-10H2,1-2H3. The molecule has 3 heteroatoms. The second kappa shape index (κ2) is 7.55. The Labute approximate surface area is 92.8 Å². The number of thioether (sulfide) groups is 1. The molecule has 0 amide bonds. The molecule has 2 nitrogen and oxygen atoms in total. The van der Waals surface area contributed by atoms with Crippen molar-refractivity contribution in [1.29, 1.82) is 0 Å².